The van der Waals surface area contributed by atoms with E-state index in [1.165, 1.54) is 38.5 Å². The molecule has 3 atom stereocenters. The van der Waals surface area contributed by atoms with Crippen LogP contribution in [-0.2, 0) is 4.74 Å². The molecule has 2 nitrogen and oxygen atoms in total. The van der Waals surface area contributed by atoms with Gasteiger partial charge in [-0.15, -0.1) is 0 Å². The maximum absolute atomic E-state index is 5.23. The van der Waals surface area contributed by atoms with Gasteiger partial charge in [0.15, 0.2) is 0 Å². The summed E-state index contributed by atoms with van der Waals surface area (Å²) in [6.07, 6.45) is 8.07. The lowest BCUT2D eigenvalue weighted by Crippen LogP contribution is -2.39. The Morgan fingerprint density at radius 2 is 2.19 bits per heavy atom. The molecule has 2 heteroatoms. The summed E-state index contributed by atoms with van der Waals surface area (Å²) >= 11 is 0. The van der Waals surface area contributed by atoms with Crippen molar-refractivity contribution in [3.63, 3.8) is 0 Å². The lowest BCUT2D eigenvalue weighted by atomic mass is 9.78. The van der Waals surface area contributed by atoms with Gasteiger partial charge in [0, 0.05) is 19.8 Å². The molecule has 0 aliphatic heterocycles. The minimum Gasteiger partial charge on any atom is -0.385 e. The predicted molar refractivity (Wildman–Crippen MR) is 69.7 cm³/mol. The molecule has 0 aromatic heterocycles. The molecule has 0 aromatic carbocycles. The van der Waals surface area contributed by atoms with Crippen molar-refractivity contribution >= 4 is 0 Å². The van der Waals surface area contributed by atoms with Gasteiger partial charge in [-0.25, -0.2) is 0 Å². The zero-order valence-corrected chi connectivity index (χ0v) is 11.3. The lowest BCUT2D eigenvalue weighted by Gasteiger charge is -2.34. The molecule has 1 fully saturated rings. The van der Waals surface area contributed by atoms with Crippen LogP contribution in [0.3, 0.4) is 0 Å². The predicted octanol–water partition coefficient (Wildman–Crippen LogP) is 3.22. The van der Waals surface area contributed by atoms with Crippen LogP contribution in [0.2, 0.25) is 0 Å². The SMILES string of the molecule is CCCNC(CCOC)C1CCCC(C)C1. The summed E-state index contributed by atoms with van der Waals surface area (Å²) in [5, 5.41) is 3.71. The normalized spacial score (nSPS) is 27.9. The molecule has 0 amide bonds. The van der Waals surface area contributed by atoms with Gasteiger partial charge in [-0.2, -0.15) is 0 Å². The van der Waals surface area contributed by atoms with Crippen LogP contribution in [0.5, 0.6) is 0 Å². The van der Waals surface area contributed by atoms with Crippen LogP contribution >= 0.6 is 0 Å². The van der Waals surface area contributed by atoms with E-state index in [9.17, 15) is 0 Å². The van der Waals surface area contributed by atoms with Crippen LogP contribution in [0.25, 0.3) is 0 Å². The Labute approximate surface area is 101 Å². The number of nitrogens with one attached hydrogen (secondary N) is 1. The molecule has 0 aromatic rings. The molecule has 0 bridgehead atoms. The van der Waals surface area contributed by atoms with E-state index in [-0.39, 0.29) is 0 Å². The van der Waals surface area contributed by atoms with Crippen LogP contribution in [0.15, 0.2) is 0 Å². The van der Waals surface area contributed by atoms with Gasteiger partial charge in [0.1, 0.15) is 0 Å². The van der Waals surface area contributed by atoms with Crippen LogP contribution in [-0.4, -0.2) is 26.3 Å². The van der Waals surface area contributed by atoms with Gasteiger partial charge in [0.2, 0.25) is 0 Å². The van der Waals surface area contributed by atoms with Crippen LogP contribution in [0.4, 0.5) is 0 Å². The van der Waals surface area contributed by atoms with E-state index < -0.39 is 0 Å². The zero-order chi connectivity index (χ0) is 11.8. The molecule has 1 aliphatic carbocycles. The number of hydrogen-bond donors (Lipinski definition) is 1. The fourth-order valence-electron chi connectivity index (χ4n) is 2.93. The molecule has 1 aliphatic rings. The van der Waals surface area contributed by atoms with E-state index in [1.54, 1.807) is 7.11 Å². The van der Waals surface area contributed by atoms with Crippen LogP contribution in [0, 0.1) is 11.8 Å². The van der Waals surface area contributed by atoms with E-state index >= 15 is 0 Å². The maximum Gasteiger partial charge on any atom is 0.0477 e. The summed E-state index contributed by atoms with van der Waals surface area (Å²) in [5.41, 5.74) is 0. The molecule has 1 saturated carbocycles. The van der Waals surface area contributed by atoms with Crippen LogP contribution < -0.4 is 5.32 Å². The first-order chi connectivity index (χ1) is 7.77. The molecular formula is C14H29NO. The largest absolute Gasteiger partial charge is 0.385 e. The van der Waals surface area contributed by atoms with Gasteiger partial charge in [-0.3, -0.25) is 0 Å². The minimum absolute atomic E-state index is 0.683. The summed E-state index contributed by atoms with van der Waals surface area (Å²) in [7, 11) is 1.81. The second kappa shape index (κ2) is 8.08. The van der Waals surface area contributed by atoms with E-state index in [4.69, 9.17) is 4.74 Å². The molecule has 16 heavy (non-hydrogen) atoms. The quantitative estimate of drug-likeness (QED) is 0.721. The Hall–Kier alpha value is -0.0800. The highest BCUT2D eigenvalue weighted by Crippen LogP contribution is 2.31. The Kier molecular flexibility index (Phi) is 7.06. The Morgan fingerprint density at radius 1 is 1.38 bits per heavy atom. The number of rotatable bonds is 7. The molecule has 0 heterocycles. The third-order valence-corrected chi connectivity index (χ3v) is 3.84. The van der Waals surface area contributed by atoms with Gasteiger partial charge in [-0.1, -0.05) is 26.7 Å². The summed E-state index contributed by atoms with van der Waals surface area (Å²) in [6, 6.07) is 0.683. The second-order valence-corrected chi connectivity index (χ2v) is 5.37. The van der Waals surface area contributed by atoms with Gasteiger partial charge in [0.05, 0.1) is 0 Å². The van der Waals surface area contributed by atoms with Crippen molar-refractivity contribution in [2.45, 2.75) is 58.4 Å². The van der Waals surface area contributed by atoms with Crippen molar-refractivity contribution in [1.82, 2.24) is 5.32 Å². The topological polar surface area (TPSA) is 21.3 Å². The summed E-state index contributed by atoms with van der Waals surface area (Å²) in [4.78, 5) is 0. The van der Waals surface area contributed by atoms with Crippen LogP contribution in [0.1, 0.15) is 52.4 Å². The lowest BCUT2D eigenvalue weighted by molar-refractivity contribution is 0.150. The molecule has 3 unspecified atom stereocenters. The fraction of sp³-hybridized carbons (Fsp3) is 1.00. The first kappa shape index (κ1) is 14.0. The van der Waals surface area contributed by atoms with Gasteiger partial charge >= 0.3 is 0 Å². The second-order valence-electron chi connectivity index (χ2n) is 5.37. The molecule has 96 valence electrons. The van der Waals surface area contributed by atoms with Crippen molar-refractivity contribution in [1.29, 1.82) is 0 Å². The highest BCUT2D eigenvalue weighted by Gasteiger charge is 2.25. The third-order valence-electron chi connectivity index (χ3n) is 3.84. The van der Waals surface area contributed by atoms with E-state index in [0.717, 1.165) is 25.0 Å². The molecular weight excluding hydrogens is 198 g/mol. The first-order valence-electron chi connectivity index (χ1n) is 7.00. The van der Waals surface area contributed by atoms with E-state index in [2.05, 4.69) is 19.2 Å². The van der Waals surface area contributed by atoms with Gasteiger partial charge < -0.3 is 10.1 Å². The number of hydrogen-bond acceptors (Lipinski definition) is 2. The smallest absolute Gasteiger partial charge is 0.0477 e. The Balaban J connectivity index is 2.38. The van der Waals surface area contributed by atoms with E-state index in [1.807, 2.05) is 0 Å². The van der Waals surface area contributed by atoms with Crippen molar-refractivity contribution < 1.29 is 4.74 Å². The maximum atomic E-state index is 5.23. The average Bonchev–Trinajstić information content (AvgIpc) is 2.29. The molecule has 0 spiro atoms. The summed E-state index contributed by atoms with van der Waals surface area (Å²) in [6.45, 7) is 6.69. The fourth-order valence-corrected chi connectivity index (χ4v) is 2.93. The molecule has 1 rings (SSSR count). The summed E-state index contributed by atoms with van der Waals surface area (Å²) < 4.78 is 5.23. The zero-order valence-electron chi connectivity index (χ0n) is 11.3. The number of ether oxygens (including phenoxy) is 1. The van der Waals surface area contributed by atoms with E-state index in [0.29, 0.717) is 6.04 Å². The summed E-state index contributed by atoms with van der Waals surface area (Å²) in [5.74, 6) is 1.80. The van der Waals surface area contributed by atoms with Crippen molar-refractivity contribution in [2.75, 3.05) is 20.3 Å². The van der Waals surface area contributed by atoms with Crippen molar-refractivity contribution in [2.24, 2.45) is 11.8 Å². The van der Waals surface area contributed by atoms with Gasteiger partial charge in [0.25, 0.3) is 0 Å². The Bertz CT molecular complexity index is 164. The monoisotopic (exact) mass is 227 g/mol. The first-order valence-corrected chi connectivity index (χ1v) is 7.00. The highest BCUT2D eigenvalue weighted by molar-refractivity contribution is 4.81. The molecule has 0 radical (unpaired) electrons. The van der Waals surface area contributed by atoms with Gasteiger partial charge in [-0.05, 0) is 44.1 Å². The molecule has 0 saturated heterocycles. The molecule has 1 N–H and O–H groups in total. The van der Waals surface area contributed by atoms with Crippen molar-refractivity contribution in [3.05, 3.63) is 0 Å². The van der Waals surface area contributed by atoms with Crippen molar-refractivity contribution in [3.8, 4) is 0 Å². The third kappa shape index (κ3) is 4.84. The average molecular weight is 227 g/mol. The highest BCUT2D eigenvalue weighted by atomic mass is 16.5. The minimum atomic E-state index is 0.683. The number of methoxy groups -OCH3 is 1. The Morgan fingerprint density at radius 3 is 2.81 bits per heavy atom. The standard InChI is InChI=1S/C14H29NO/c1-4-9-15-14(8-10-16-3)13-7-5-6-12(2)11-13/h12-15H,4-11H2,1-3H3.